The highest BCUT2D eigenvalue weighted by Crippen LogP contribution is 2.44. The molecule has 4 aromatic rings. The first-order valence-corrected chi connectivity index (χ1v) is 12.2. The largest absolute Gasteiger partial charge is 0.586 e. The summed E-state index contributed by atoms with van der Waals surface area (Å²) >= 11 is 0. The van der Waals surface area contributed by atoms with Gasteiger partial charge in [0, 0.05) is 35.5 Å². The number of aromatic amines is 1. The molecular weight excluding hydrogens is 517 g/mol. The number of alkyl halides is 2. The quantitative estimate of drug-likeness (QED) is 0.383. The number of anilines is 1. The van der Waals surface area contributed by atoms with E-state index in [0.717, 1.165) is 4.68 Å². The molecule has 2 aliphatic rings. The van der Waals surface area contributed by atoms with Crippen molar-refractivity contribution < 1.29 is 27.4 Å². The molecule has 6 rings (SSSR count). The van der Waals surface area contributed by atoms with Crippen LogP contribution in [-0.2, 0) is 17.9 Å². The smallest absolute Gasteiger partial charge is 0.395 e. The molecule has 0 bridgehead atoms. The van der Waals surface area contributed by atoms with Crippen molar-refractivity contribution in [2.45, 2.75) is 38.3 Å². The van der Waals surface area contributed by atoms with Crippen LogP contribution >= 0.6 is 0 Å². The molecule has 1 fully saturated rings. The van der Waals surface area contributed by atoms with Gasteiger partial charge in [0.15, 0.2) is 17.0 Å². The van der Waals surface area contributed by atoms with Gasteiger partial charge in [0.1, 0.15) is 18.1 Å². The number of carbonyl (C=O) groups is 1. The van der Waals surface area contributed by atoms with Crippen molar-refractivity contribution >= 4 is 22.6 Å². The molecule has 1 amide bonds. The van der Waals surface area contributed by atoms with Crippen LogP contribution in [0.3, 0.4) is 0 Å². The van der Waals surface area contributed by atoms with Crippen LogP contribution in [0.4, 0.5) is 18.9 Å². The number of hydrogen-bond acceptors (Lipinski definition) is 7. The number of ether oxygens (including phenoxy) is 2. The van der Waals surface area contributed by atoms with Gasteiger partial charge in [0.2, 0.25) is 5.91 Å². The molecule has 0 radical (unpaired) electrons. The third-order valence-corrected chi connectivity index (χ3v) is 6.48. The normalized spacial score (nSPS) is 15.7. The van der Waals surface area contributed by atoms with Crippen molar-refractivity contribution in [1.82, 2.24) is 24.6 Å². The molecule has 0 spiro atoms. The lowest BCUT2D eigenvalue weighted by atomic mass is 10.1. The molecule has 10 nitrogen and oxygen atoms in total. The van der Waals surface area contributed by atoms with Gasteiger partial charge < -0.3 is 24.3 Å². The number of nitrogens with one attached hydrogen (secondary N) is 1. The lowest BCUT2D eigenvalue weighted by molar-refractivity contribution is -0.286. The Morgan fingerprint density at radius 1 is 1.15 bits per heavy atom. The molecule has 13 heteroatoms. The molecule has 2 aromatic heterocycles. The standard InChI is InChI=1S/C26H23F3N6O4/c1-33(2)11-15-4-3-14(9-18(15)27)22-23-24(31-13-30-23)25(37)34(32-22)12-21(36)35(16-5-6-16)17-7-8-19-20(10-17)39-26(28,29)38-19/h3-4,7-10,13,16H,5-6,11-12H2,1-2H3,(H,30,31). The maximum absolute atomic E-state index is 14.9. The second-order valence-corrected chi connectivity index (χ2v) is 9.77. The van der Waals surface area contributed by atoms with Gasteiger partial charge in [-0.05, 0) is 45.1 Å². The minimum atomic E-state index is -3.79. The summed E-state index contributed by atoms with van der Waals surface area (Å²) in [6.07, 6.45) is -1.03. The molecule has 1 aliphatic carbocycles. The third-order valence-electron chi connectivity index (χ3n) is 6.48. The van der Waals surface area contributed by atoms with E-state index in [4.69, 9.17) is 0 Å². The summed E-state index contributed by atoms with van der Waals surface area (Å²) in [7, 11) is 3.67. The SMILES string of the molecule is CN(C)Cc1ccc(-c2nn(CC(=O)N(c3ccc4c(c3)OC(F)(F)O4)C3CC3)c(=O)c3nc[nH]c23)cc1F. The van der Waals surface area contributed by atoms with Crippen LogP contribution < -0.4 is 19.9 Å². The van der Waals surface area contributed by atoms with E-state index in [1.165, 1.54) is 35.5 Å². The summed E-state index contributed by atoms with van der Waals surface area (Å²) in [5.74, 6) is -1.24. The van der Waals surface area contributed by atoms with Crippen LogP contribution in [0.15, 0.2) is 47.5 Å². The minimum absolute atomic E-state index is 0.0499. The fraction of sp³-hybridized carbons (Fsp3) is 0.308. The fourth-order valence-electron chi connectivity index (χ4n) is 4.63. The van der Waals surface area contributed by atoms with Gasteiger partial charge in [-0.3, -0.25) is 9.59 Å². The second kappa shape index (κ2) is 9.12. The first-order chi connectivity index (χ1) is 18.6. The monoisotopic (exact) mass is 540 g/mol. The van der Waals surface area contributed by atoms with Gasteiger partial charge in [-0.15, -0.1) is 8.78 Å². The van der Waals surface area contributed by atoms with E-state index >= 15 is 0 Å². The number of aromatic nitrogens is 4. The number of benzene rings is 2. The Labute approximate surface area is 219 Å². The van der Waals surface area contributed by atoms with Gasteiger partial charge in [0.05, 0.1) is 11.8 Å². The molecule has 39 heavy (non-hydrogen) atoms. The number of H-pyrrole nitrogens is 1. The summed E-state index contributed by atoms with van der Waals surface area (Å²) in [5.41, 5.74) is 1.25. The van der Waals surface area contributed by atoms with Crippen molar-refractivity contribution in [2.75, 3.05) is 19.0 Å². The van der Waals surface area contributed by atoms with Gasteiger partial charge in [0.25, 0.3) is 5.56 Å². The molecule has 202 valence electrons. The van der Waals surface area contributed by atoms with Gasteiger partial charge >= 0.3 is 6.29 Å². The average molecular weight is 541 g/mol. The number of halogens is 3. The highest BCUT2D eigenvalue weighted by molar-refractivity contribution is 5.95. The van der Waals surface area contributed by atoms with E-state index in [9.17, 15) is 22.8 Å². The number of nitrogens with zero attached hydrogens (tertiary/aromatic N) is 5. The summed E-state index contributed by atoms with van der Waals surface area (Å²) in [6.45, 7) is -0.0432. The number of imidazole rings is 1. The van der Waals surface area contributed by atoms with E-state index in [1.54, 1.807) is 12.1 Å². The predicted molar refractivity (Wildman–Crippen MR) is 134 cm³/mol. The minimum Gasteiger partial charge on any atom is -0.395 e. The predicted octanol–water partition coefficient (Wildman–Crippen LogP) is 3.50. The Kier molecular flexibility index (Phi) is 5.83. The first-order valence-electron chi connectivity index (χ1n) is 12.2. The molecule has 1 saturated carbocycles. The first kappa shape index (κ1) is 24.9. The number of amides is 1. The Morgan fingerprint density at radius 3 is 2.64 bits per heavy atom. The van der Waals surface area contributed by atoms with Crippen LogP contribution in [0.5, 0.6) is 11.5 Å². The maximum atomic E-state index is 14.9. The maximum Gasteiger partial charge on any atom is 0.586 e. The molecule has 0 saturated heterocycles. The van der Waals surface area contributed by atoms with Crippen molar-refractivity contribution in [1.29, 1.82) is 0 Å². The van der Waals surface area contributed by atoms with E-state index in [2.05, 4.69) is 24.5 Å². The average Bonchev–Trinajstić information content (AvgIpc) is 3.46. The Bertz CT molecular complexity index is 1660. The summed E-state index contributed by atoms with van der Waals surface area (Å²) in [5, 5.41) is 4.41. The van der Waals surface area contributed by atoms with E-state index < -0.39 is 30.1 Å². The van der Waals surface area contributed by atoms with Gasteiger partial charge in [-0.25, -0.2) is 14.1 Å². The van der Waals surface area contributed by atoms with Crippen LogP contribution in [0, 0.1) is 5.82 Å². The molecule has 2 aromatic carbocycles. The summed E-state index contributed by atoms with van der Waals surface area (Å²) < 4.78 is 51.9. The van der Waals surface area contributed by atoms with E-state index in [1.807, 2.05) is 19.0 Å². The van der Waals surface area contributed by atoms with Gasteiger partial charge in [-0.2, -0.15) is 5.10 Å². The number of carbonyl (C=O) groups excluding carboxylic acids is 1. The number of fused-ring (bicyclic) bond motifs is 2. The van der Waals surface area contributed by atoms with Gasteiger partial charge in [-0.1, -0.05) is 12.1 Å². The summed E-state index contributed by atoms with van der Waals surface area (Å²) in [6, 6.07) is 8.60. The molecule has 1 aliphatic heterocycles. The molecule has 1 N–H and O–H groups in total. The van der Waals surface area contributed by atoms with Crippen LogP contribution in [-0.4, -0.2) is 57.0 Å². The van der Waals surface area contributed by atoms with Crippen molar-refractivity contribution in [3.8, 4) is 22.8 Å². The van der Waals surface area contributed by atoms with E-state index in [0.29, 0.717) is 41.7 Å². The zero-order valence-corrected chi connectivity index (χ0v) is 21.0. The Hall–Kier alpha value is -4.39. The van der Waals surface area contributed by atoms with Crippen molar-refractivity contribution in [3.05, 3.63) is 64.5 Å². The highest BCUT2D eigenvalue weighted by Gasteiger charge is 2.44. The Balaban J connectivity index is 1.35. The zero-order chi connectivity index (χ0) is 27.5. The highest BCUT2D eigenvalue weighted by atomic mass is 19.3. The van der Waals surface area contributed by atoms with Crippen LogP contribution in [0.2, 0.25) is 0 Å². The van der Waals surface area contributed by atoms with Crippen LogP contribution in [0.25, 0.3) is 22.3 Å². The third kappa shape index (κ3) is 4.69. The zero-order valence-electron chi connectivity index (χ0n) is 21.0. The van der Waals surface area contributed by atoms with Crippen molar-refractivity contribution in [2.24, 2.45) is 0 Å². The molecule has 0 unspecified atom stereocenters. The topological polar surface area (TPSA) is 106 Å². The van der Waals surface area contributed by atoms with E-state index in [-0.39, 0.29) is 28.8 Å². The second-order valence-electron chi connectivity index (χ2n) is 9.77. The summed E-state index contributed by atoms with van der Waals surface area (Å²) in [4.78, 5) is 36.9. The fourth-order valence-corrected chi connectivity index (χ4v) is 4.63. The molecule has 3 heterocycles. The lowest BCUT2D eigenvalue weighted by Gasteiger charge is -2.23. The van der Waals surface area contributed by atoms with Crippen molar-refractivity contribution in [3.63, 3.8) is 0 Å². The number of rotatable bonds is 7. The molecule has 0 atom stereocenters. The molecular formula is C26H23F3N6O4. The lowest BCUT2D eigenvalue weighted by Crippen LogP contribution is -2.39. The number of hydrogen-bond donors (Lipinski definition) is 1. The Morgan fingerprint density at radius 2 is 1.92 bits per heavy atom. The van der Waals surface area contributed by atoms with Crippen LogP contribution in [0.1, 0.15) is 18.4 Å².